The quantitative estimate of drug-likeness (QED) is 0.747. The van der Waals surface area contributed by atoms with Crippen LogP contribution in [0, 0.1) is 11.8 Å². The zero-order valence-corrected chi connectivity index (χ0v) is 11.4. The van der Waals surface area contributed by atoms with Crippen molar-refractivity contribution in [3.63, 3.8) is 0 Å². The number of rotatable bonds is 6. The molecule has 1 unspecified atom stereocenters. The topological polar surface area (TPSA) is 12.0 Å². The van der Waals surface area contributed by atoms with Crippen molar-refractivity contribution in [1.29, 1.82) is 0 Å². The molecule has 1 nitrogen and oxygen atoms in total. The van der Waals surface area contributed by atoms with Crippen LogP contribution in [0.5, 0.6) is 0 Å². The van der Waals surface area contributed by atoms with Gasteiger partial charge in [0.05, 0.1) is 0 Å². The van der Waals surface area contributed by atoms with Crippen LogP contribution in [0.1, 0.15) is 46.0 Å². The van der Waals surface area contributed by atoms with Crippen molar-refractivity contribution >= 4 is 11.8 Å². The van der Waals surface area contributed by atoms with Crippen LogP contribution in [0.25, 0.3) is 0 Å². The minimum absolute atomic E-state index is 0.771. The van der Waals surface area contributed by atoms with Crippen LogP contribution in [-0.2, 0) is 0 Å². The van der Waals surface area contributed by atoms with Crippen LogP contribution in [0.3, 0.4) is 0 Å². The summed E-state index contributed by atoms with van der Waals surface area (Å²) in [4.78, 5) is 0. The van der Waals surface area contributed by atoms with Gasteiger partial charge in [-0.05, 0) is 43.9 Å². The van der Waals surface area contributed by atoms with Gasteiger partial charge in [0, 0.05) is 11.8 Å². The molecule has 1 saturated carbocycles. The van der Waals surface area contributed by atoms with Gasteiger partial charge in [-0.15, -0.1) is 0 Å². The van der Waals surface area contributed by atoms with Crippen LogP contribution < -0.4 is 5.32 Å². The second-order valence-electron chi connectivity index (χ2n) is 5.04. The Hall–Kier alpha value is 0.310. The first-order valence-corrected chi connectivity index (χ1v) is 7.89. The standard InChI is InChI=1S/C13H27NS/c1-4-9-14-13(10-15-3)12-7-5-11(2)6-8-12/h11-14H,4-10H2,1-3H3. The molecule has 1 aliphatic rings. The molecule has 0 amide bonds. The van der Waals surface area contributed by atoms with Crippen molar-refractivity contribution in [2.45, 2.75) is 52.0 Å². The summed E-state index contributed by atoms with van der Waals surface area (Å²) in [6.07, 6.45) is 9.28. The monoisotopic (exact) mass is 229 g/mol. The van der Waals surface area contributed by atoms with E-state index in [0.717, 1.165) is 17.9 Å². The Morgan fingerprint density at radius 2 is 1.93 bits per heavy atom. The first kappa shape index (κ1) is 13.4. The van der Waals surface area contributed by atoms with Gasteiger partial charge < -0.3 is 5.32 Å². The van der Waals surface area contributed by atoms with Crippen molar-refractivity contribution < 1.29 is 0 Å². The normalized spacial score (nSPS) is 29.0. The first-order valence-electron chi connectivity index (χ1n) is 6.50. The van der Waals surface area contributed by atoms with E-state index in [9.17, 15) is 0 Å². The third-order valence-electron chi connectivity index (χ3n) is 3.63. The minimum atomic E-state index is 0.771. The van der Waals surface area contributed by atoms with Gasteiger partial charge >= 0.3 is 0 Å². The molecule has 0 bridgehead atoms. The molecule has 0 aromatic rings. The van der Waals surface area contributed by atoms with Gasteiger partial charge in [-0.25, -0.2) is 0 Å². The van der Waals surface area contributed by atoms with Crippen molar-refractivity contribution in [3.8, 4) is 0 Å². The second-order valence-corrected chi connectivity index (χ2v) is 5.95. The molecular weight excluding hydrogens is 202 g/mol. The van der Waals surface area contributed by atoms with Crippen LogP contribution >= 0.6 is 11.8 Å². The molecular formula is C13H27NS. The Balaban J connectivity index is 2.33. The molecule has 0 heterocycles. The Labute approximate surface area is 99.8 Å². The van der Waals surface area contributed by atoms with E-state index in [-0.39, 0.29) is 0 Å². The van der Waals surface area contributed by atoms with Gasteiger partial charge in [0.1, 0.15) is 0 Å². The fourth-order valence-corrected chi connectivity index (χ4v) is 3.31. The van der Waals surface area contributed by atoms with Gasteiger partial charge in [-0.1, -0.05) is 26.7 Å². The van der Waals surface area contributed by atoms with E-state index in [1.807, 2.05) is 11.8 Å². The Bertz CT molecular complexity index is 153. The van der Waals surface area contributed by atoms with Gasteiger partial charge in [0.15, 0.2) is 0 Å². The SMILES string of the molecule is CCCNC(CSC)C1CCC(C)CC1. The first-order chi connectivity index (χ1) is 7.27. The summed E-state index contributed by atoms with van der Waals surface area (Å²) in [5.41, 5.74) is 0. The lowest BCUT2D eigenvalue weighted by Crippen LogP contribution is -2.40. The largest absolute Gasteiger partial charge is 0.313 e. The fraction of sp³-hybridized carbons (Fsp3) is 1.00. The Morgan fingerprint density at radius 3 is 2.47 bits per heavy atom. The van der Waals surface area contributed by atoms with Crippen molar-refractivity contribution in [2.75, 3.05) is 18.6 Å². The predicted molar refractivity (Wildman–Crippen MR) is 71.6 cm³/mol. The van der Waals surface area contributed by atoms with Gasteiger partial charge in [0.2, 0.25) is 0 Å². The summed E-state index contributed by atoms with van der Waals surface area (Å²) in [5.74, 6) is 3.21. The summed E-state index contributed by atoms with van der Waals surface area (Å²) in [5, 5.41) is 3.73. The summed E-state index contributed by atoms with van der Waals surface area (Å²) in [6.45, 7) is 5.85. The van der Waals surface area contributed by atoms with E-state index >= 15 is 0 Å². The molecule has 0 aromatic heterocycles. The van der Waals surface area contributed by atoms with E-state index in [1.54, 1.807) is 0 Å². The molecule has 0 spiro atoms. The predicted octanol–water partition coefficient (Wildman–Crippen LogP) is 3.54. The molecule has 0 aromatic carbocycles. The van der Waals surface area contributed by atoms with Crippen molar-refractivity contribution in [1.82, 2.24) is 5.32 Å². The average molecular weight is 229 g/mol. The number of thioether (sulfide) groups is 1. The maximum absolute atomic E-state index is 3.73. The molecule has 0 radical (unpaired) electrons. The zero-order valence-electron chi connectivity index (χ0n) is 10.6. The number of nitrogens with one attached hydrogen (secondary N) is 1. The molecule has 2 heteroatoms. The van der Waals surface area contributed by atoms with E-state index in [0.29, 0.717) is 0 Å². The third kappa shape index (κ3) is 4.78. The van der Waals surface area contributed by atoms with Crippen LogP contribution in [0.2, 0.25) is 0 Å². The van der Waals surface area contributed by atoms with Crippen molar-refractivity contribution in [3.05, 3.63) is 0 Å². The average Bonchev–Trinajstić information content (AvgIpc) is 2.25. The molecule has 1 rings (SSSR count). The Kier molecular flexibility index (Phi) is 6.74. The van der Waals surface area contributed by atoms with Gasteiger partial charge in [-0.3, -0.25) is 0 Å². The van der Waals surface area contributed by atoms with E-state index in [4.69, 9.17) is 0 Å². The fourth-order valence-electron chi connectivity index (χ4n) is 2.56. The minimum Gasteiger partial charge on any atom is -0.313 e. The lowest BCUT2D eigenvalue weighted by Gasteiger charge is -2.33. The molecule has 15 heavy (non-hydrogen) atoms. The van der Waals surface area contributed by atoms with Gasteiger partial charge in [0.25, 0.3) is 0 Å². The van der Waals surface area contributed by atoms with Crippen LogP contribution in [0.4, 0.5) is 0 Å². The highest BCUT2D eigenvalue weighted by Crippen LogP contribution is 2.31. The summed E-state index contributed by atoms with van der Waals surface area (Å²) >= 11 is 1.99. The van der Waals surface area contributed by atoms with Crippen LogP contribution in [0.15, 0.2) is 0 Å². The van der Waals surface area contributed by atoms with E-state index in [1.165, 1.54) is 44.4 Å². The number of hydrogen-bond acceptors (Lipinski definition) is 2. The smallest absolute Gasteiger partial charge is 0.0186 e. The van der Waals surface area contributed by atoms with Crippen LogP contribution in [-0.4, -0.2) is 24.6 Å². The molecule has 90 valence electrons. The molecule has 0 aliphatic heterocycles. The second kappa shape index (κ2) is 7.56. The maximum atomic E-state index is 3.73. The lowest BCUT2D eigenvalue weighted by molar-refractivity contribution is 0.242. The summed E-state index contributed by atoms with van der Waals surface area (Å²) in [6, 6.07) is 0.771. The number of hydrogen-bond donors (Lipinski definition) is 1. The highest BCUT2D eigenvalue weighted by Gasteiger charge is 2.25. The highest BCUT2D eigenvalue weighted by atomic mass is 32.2. The van der Waals surface area contributed by atoms with E-state index in [2.05, 4.69) is 25.4 Å². The van der Waals surface area contributed by atoms with Crippen molar-refractivity contribution in [2.24, 2.45) is 11.8 Å². The molecule has 1 fully saturated rings. The molecule has 1 atom stereocenters. The van der Waals surface area contributed by atoms with E-state index < -0.39 is 0 Å². The highest BCUT2D eigenvalue weighted by molar-refractivity contribution is 7.98. The summed E-state index contributed by atoms with van der Waals surface area (Å²) in [7, 11) is 0. The molecule has 1 aliphatic carbocycles. The summed E-state index contributed by atoms with van der Waals surface area (Å²) < 4.78 is 0. The third-order valence-corrected chi connectivity index (χ3v) is 4.32. The molecule has 1 N–H and O–H groups in total. The lowest BCUT2D eigenvalue weighted by atomic mass is 9.79. The maximum Gasteiger partial charge on any atom is 0.0186 e. The zero-order chi connectivity index (χ0) is 11.1. The van der Waals surface area contributed by atoms with Gasteiger partial charge in [-0.2, -0.15) is 11.8 Å². The Morgan fingerprint density at radius 1 is 1.27 bits per heavy atom. The molecule has 0 saturated heterocycles.